The molecule has 2 aromatic rings. The number of guanidine groups is 1. The van der Waals surface area contributed by atoms with Gasteiger partial charge in [0, 0.05) is 45.7 Å². The first-order valence-corrected chi connectivity index (χ1v) is 10.8. The van der Waals surface area contributed by atoms with Crippen molar-refractivity contribution in [2.24, 2.45) is 4.99 Å². The van der Waals surface area contributed by atoms with Gasteiger partial charge in [0.25, 0.3) is 0 Å². The molecule has 2 atom stereocenters. The molecule has 156 valence electrons. The summed E-state index contributed by atoms with van der Waals surface area (Å²) >= 11 is 0. The molecular weight excluding hydrogens is 364 g/mol. The number of likely N-dealkylation sites (tertiary alicyclic amines) is 1. The number of furan rings is 1. The molecule has 2 aliphatic heterocycles. The normalized spacial score (nSPS) is 22.7. The van der Waals surface area contributed by atoms with Gasteiger partial charge in [-0.05, 0) is 24.1 Å². The highest BCUT2D eigenvalue weighted by Crippen LogP contribution is 2.24. The smallest absolute Gasteiger partial charge is 0.194 e. The quantitative estimate of drug-likeness (QED) is 0.576. The summed E-state index contributed by atoms with van der Waals surface area (Å²) in [4.78, 5) is 9.78. The lowest BCUT2D eigenvalue weighted by molar-refractivity contribution is -0.0502. The Balaban J connectivity index is 1.38. The van der Waals surface area contributed by atoms with Crippen molar-refractivity contribution in [2.45, 2.75) is 38.5 Å². The van der Waals surface area contributed by atoms with E-state index in [2.05, 4.69) is 52.4 Å². The highest BCUT2D eigenvalue weighted by atomic mass is 16.5. The monoisotopic (exact) mass is 396 g/mol. The van der Waals surface area contributed by atoms with Crippen molar-refractivity contribution in [1.29, 1.82) is 0 Å². The summed E-state index contributed by atoms with van der Waals surface area (Å²) in [5.41, 5.74) is 1.36. The molecule has 0 bridgehead atoms. The van der Waals surface area contributed by atoms with E-state index in [1.54, 1.807) is 6.26 Å². The van der Waals surface area contributed by atoms with Gasteiger partial charge in [0.2, 0.25) is 0 Å². The van der Waals surface area contributed by atoms with Crippen LogP contribution in [0, 0.1) is 0 Å². The van der Waals surface area contributed by atoms with Gasteiger partial charge in [-0.15, -0.1) is 0 Å². The zero-order valence-electron chi connectivity index (χ0n) is 17.3. The number of rotatable bonds is 7. The molecule has 29 heavy (non-hydrogen) atoms. The van der Waals surface area contributed by atoms with Crippen molar-refractivity contribution in [1.82, 2.24) is 15.1 Å². The first-order valence-electron chi connectivity index (χ1n) is 10.8. The molecule has 0 spiro atoms. The highest BCUT2D eigenvalue weighted by molar-refractivity contribution is 5.80. The second-order valence-electron chi connectivity index (χ2n) is 7.80. The molecular formula is C23H32N4O2. The molecule has 2 unspecified atom stereocenters. The Morgan fingerprint density at radius 1 is 1.17 bits per heavy atom. The Bertz CT molecular complexity index is 762. The SMILES string of the molecule is CCCN=C(NCCc1ccco1)N1CC2OCCN(Cc3ccccc3)C2C1. The Morgan fingerprint density at radius 3 is 2.86 bits per heavy atom. The van der Waals surface area contributed by atoms with Crippen LogP contribution in [0.25, 0.3) is 0 Å². The zero-order valence-corrected chi connectivity index (χ0v) is 17.3. The number of hydrogen-bond acceptors (Lipinski definition) is 4. The van der Waals surface area contributed by atoms with E-state index in [1.807, 2.05) is 12.1 Å². The summed E-state index contributed by atoms with van der Waals surface area (Å²) in [6.45, 7) is 8.43. The minimum atomic E-state index is 0.242. The van der Waals surface area contributed by atoms with Gasteiger partial charge in [-0.2, -0.15) is 0 Å². The molecule has 2 saturated heterocycles. The van der Waals surface area contributed by atoms with Crippen LogP contribution in [0.2, 0.25) is 0 Å². The predicted octanol–water partition coefficient (Wildman–Crippen LogP) is 2.76. The van der Waals surface area contributed by atoms with Crippen LogP contribution in [0.3, 0.4) is 0 Å². The lowest BCUT2D eigenvalue weighted by Crippen LogP contribution is -2.50. The largest absolute Gasteiger partial charge is 0.469 e. The van der Waals surface area contributed by atoms with Crippen LogP contribution in [0.1, 0.15) is 24.7 Å². The van der Waals surface area contributed by atoms with Crippen molar-refractivity contribution in [3.05, 3.63) is 60.1 Å². The maximum atomic E-state index is 6.14. The summed E-state index contributed by atoms with van der Waals surface area (Å²) in [5.74, 6) is 2.00. The summed E-state index contributed by atoms with van der Waals surface area (Å²) < 4.78 is 11.6. The third-order valence-corrected chi connectivity index (χ3v) is 5.66. The topological polar surface area (TPSA) is 53.2 Å². The fourth-order valence-corrected chi connectivity index (χ4v) is 4.18. The van der Waals surface area contributed by atoms with Gasteiger partial charge in [0.1, 0.15) is 5.76 Å². The van der Waals surface area contributed by atoms with Gasteiger partial charge in [0.05, 0.1) is 25.0 Å². The Kier molecular flexibility index (Phi) is 6.85. The molecule has 1 aromatic carbocycles. The first kappa shape index (κ1) is 20.0. The number of nitrogens with zero attached hydrogens (tertiary/aromatic N) is 3. The molecule has 1 aromatic heterocycles. The third-order valence-electron chi connectivity index (χ3n) is 5.66. The van der Waals surface area contributed by atoms with Crippen LogP contribution in [0.15, 0.2) is 58.1 Å². The van der Waals surface area contributed by atoms with Crippen LogP contribution in [-0.2, 0) is 17.7 Å². The van der Waals surface area contributed by atoms with Crippen molar-refractivity contribution >= 4 is 5.96 Å². The van der Waals surface area contributed by atoms with E-state index < -0.39 is 0 Å². The van der Waals surface area contributed by atoms with Crippen molar-refractivity contribution < 1.29 is 9.15 Å². The van der Waals surface area contributed by atoms with Crippen LogP contribution in [-0.4, -0.2) is 67.2 Å². The van der Waals surface area contributed by atoms with Gasteiger partial charge in [-0.25, -0.2) is 0 Å². The van der Waals surface area contributed by atoms with Gasteiger partial charge in [0.15, 0.2) is 5.96 Å². The molecule has 6 nitrogen and oxygen atoms in total. The van der Waals surface area contributed by atoms with Gasteiger partial charge in [-0.1, -0.05) is 37.3 Å². The predicted molar refractivity (Wildman–Crippen MR) is 115 cm³/mol. The Labute approximate surface area is 173 Å². The molecule has 2 fully saturated rings. The number of ether oxygens (including phenoxy) is 1. The fraction of sp³-hybridized carbons (Fsp3) is 0.522. The lowest BCUT2D eigenvalue weighted by atomic mass is 10.1. The maximum Gasteiger partial charge on any atom is 0.194 e. The first-order chi connectivity index (χ1) is 14.3. The second kappa shape index (κ2) is 9.94. The summed E-state index contributed by atoms with van der Waals surface area (Å²) in [7, 11) is 0. The fourth-order valence-electron chi connectivity index (χ4n) is 4.18. The van der Waals surface area contributed by atoms with Crippen molar-refractivity contribution in [3.63, 3.8) is 0 Å². The van der Waals surface area contributed by atoms with E-state index in [-0.39, 0.29) is 6.10 Å². The van der Waals surface area contributed by atoms with Crippen LogP contribution >= 0.6 is 0 Å². The minimum absolute atomic E-state index is 0.242. The molecule has 3 heterocycles. The molecule has 0 amide bonds. The standard InChI is InChI=1S/C23H32N4O2/c1-2-11-24-23(25-12-10-20-9-6-14-28-20)27-17-21-22(18-27)29-15-13-26(21)16-19-7-4-3-5-8-19/h3-9,14,21-22H,2,10-13,15-18H2,1H3,(H,24,25). The summed E-state index contributed by atoms with van der Waals surface area (Å²) in [6, 6.07) is 15.1. The zero-order chi connectivity index (χ0) is 19.9. The van der Waals surface area contributed by atoms with E-state index in [9.17, 15) is 0 Å². The maximum absolute atomic E-state index is 6.14. The second-order valence-corrected chi connectivity index (χ2v) is 7.80. The lowest BCUT2D eigenvalue weighted by Gasteiger charge is -2.36. The number of fused-ring (bicyclic) bond motifs is 1. The molecule has 2 aliphatic rings. The number of morpholine rings is 1. The van der Waals surface area contributed by atoms with Crippen molar-refractivity contribution in [3.8, 4) is 0 Å². The molecule has 0 saturated carbocycles. The Morgan fingerprint density at radius 2 is 2.07 bits per heavy atom. The number of nitrogens with one attached hydrogen (secondary N) is 1. The molecule has 4 rings (SSSR count). The van der Waals surface area contributed by atoms with E-state index >= 15 is 0 Å². The van der Waals surface area contributed by atoms with E-state index in [0.717, 1.165) is 70.4 Å². The van der Waals surface area contributed by atoms with Gasteiger partial charge < -0.3 is 19.4 Å². The molecule has 0 radical (unpaired) electrons. The van der Waals surface area contributed by atoms with Gasteiger partial charge in [-0.3, -0.25) is 9.89 Å². The number of benzene rings is 1. The van der Waals surface area contributed by atoms with Gasteiger partial charge >= 0.3 is 0 Å². The highest BCUT2D eigenvalue weighted by Gasteiger charge is 2.41. The van der Waals surface area contributed by atoms with E-state index in [0.29, 0.717) is 6.04 Å². The molecule has 1 N–H and O–H groups in total. The number of aliphatic imine (C=N–C) groups is 1. The molecule has 6 heteroatoms. The summed E-state index contributed by atoms with van der Waals surface area (Å²) in [6.07, 6.45) is 3.87. The Hall–Kier alpha value is -2.31. The third kappa shape index (κ3) is 5.19. The van der Waals surface area contributed by atoms with Crippen LogP contribution < -0.4 is 5.32 Å². The van der Waals surface area contributed by atoms with E-state index in [1.165, 1.54) is 5.56 Å². The summed E-state index contributed by atoms with van der Waals surface area (Å²) in [5, 5.41) is 3.55. The number of hydrogen-bond donors (Lipinski definition) is 1. The average molecular weight is 397 g/mol. The molecule has 0 aliphatic carbocycles. The average Bonchev–Trinajstić information content (AvgIpc) is 3.41. The van der Waals surface area contributed by atoms with Crippen molar-refractivity contribution in [2.75, 3.05) is 39.3 Å². The van der Waals surface area contributed by atoms with Crippen LogP contribution in [0.4, 0.5) is 0 Å². The minimum Gasteiger partial charge on any atom is -0.469 e. The van der Waals surface area contributed by atoms with E-state index in [4.69, 9.17) is 14.1 Å². The van der Waals surface area contributed by atoms with Crippen LogP contribution in [0.5, 0.6) is 0 Å².